The van der Waals surface area contributed by atoms with Crippen LogP contribution in [0.1, 0.15) is 19.3 Å². The number of likely N-dealkylation sites (N-methyl/N-ethyl adjacent to an activating group) is 1. The molecule has 1 N–H and O–H groups in total. The number of aliphatic hydroxyl groups excluding tert-OH is 1. The summed E-state index contributed by atoms with van der Waals surface area (Å²) in [5, 5.41) is 14.9. The molecule has 0 bridgehead atoms. The van der Waals surface area contributed by atoms with E-state index in [1.54, 1.807) is 7.05 Å². The van der Waals surface area contributed by atoms with Gasteiger partial charge < -0.3 is 5.11 Å². The lowest BCUT2D eigenvalue weighted by molar-refractivity contribution is -0.141. The van der Waals surface area contributed by atoms with Crippen LogP contribution in [-0.4, -0.2) is 34.9 Å². The minimum Gasteiger partial charge on any atom is -0.382 e. The predicted molar refractivity (Wildman–Crippen MR) is 43.6 cm³/mol. The van der Waals surface area contributed by atoms with Gasteiger partial charge in [-0.1, -0.05) is 0 Å². The number of amides is 1. The number of nitrogens with zero attached hydrogens (tertiary/aromatic N) is 2. The zero-order valence-corrected chi connectivity index (χ0v) is 7.03. The van der Waals surface area contributed by atoms with Crippen molar-refractivity contribution in [1.82, 2.24) is 5.01 Å². The summed E-state index contributed by atoms with van der Waals surface area (Å²) in [4.78, 5) is 11.2. The summed E-state index contributed by atoms with van der Waals surface area (Å²) >= 11 is 0. The molecular formula is C8H12N2O2. The van der Waals surface area contributed by atoms with Crippen molar-refractivity contribution in [3.05, 3.63) is 0 Å². The van der Waals surface area contributed by atoms with Crippen molar-refractivity contribution < 1.29 is 9.90 Å². The molecule has 66 valence electrons. The summed E-state index contributed by atoms with van der Waals surface area (Å²) in [6.45, 7) is 0. The van der Waals surface area contributed by atoms with E-state index in [1.165, 1.54) is 5.01 Å². The summed E-state index contributed by atoms with van der Waals surface area (Å²) in [6, 6.07) is 0. The maximum Gasteiger partial charge on any atom is 0.271 e. The number of fused-ring (bicyclic) bond motifs is 1. The van der Waals surface area contributed by atoms with Crippen LogP contribution in [0.5, 0.6) is 0 Å². The number of carbonyl (C=O) groups excluding carboxylic acids is 1. The average molecular weight is 168 g/mol. The molecule has 2 aliphatic rings. The quantitative estimate of drug-likeness (QED) is 0.552. The Kier molecular flexibility index (Phi) is 1.65. The van der Waals surface area contributed by atoms with Gasteiger partial charge in [-0.05, 0) is 19.3 Å². The van der Waals surface area contributed by atoms with Crippen molar-refractivity contribution >= 4 is 11.6 Å². The molecule has 4 heteroatoms. The van der Waals surface area contributed by atoms with Gasteiger partial charge in [-0.3, -0.25) is 4.79 Å². The van der Waals surface area contributed by atoms with Crippen LogP contribution in [0.4, 0.5) is 0 Å². The number of carbonyl (C=O) groups is 1. The van der Waals surface area contributed by atoms with Gasteiger partial charge in [-0.25, -0.2) is 5.01 Å². The van der Waals surface area contributed by atoms with Gasteiger partial charge >= 0.3 is 0 Å². The van der Waals surface area contributed by atoms with E-state index in [2.05, 4.69) is 5.10 Å². The van der Waals surface area contributed by atoms with Crippen LogP contribution < -0.4 is 0 Å². The van der Waals surface area contributed by atoms with E-state index in [0.717, 1.165) is 25.0 Å². The molecule has 1 amide bonds. The third-order valence-electron chi connectivity index (χ3n) is 2.61. The summed E-state index contributed by atoms with van der Waals surface area (Å²) < 4.78 is 0. The van der Waals surface area contributed by atoms with Gasteiger partial charge in [0.1, 0.15) is 6.10 Å². The fourth-order valence-electron chi connectivity index (χ4n) is 1.92. The fraction of sp³-hybridized carbons (Fsp3) is 0.750. The maximum absolute atomic E-state index is 11.2. The van der Waals surface area contributed by atoms with Crippen LogP contribution in [0.3, 0.4) is 0 Å². The number of hydrogen-bond donors (Lipinski definition) is 1. The number of rotatable bonds is 0. The van der Waals surface area contributed by atoms with Crippen molar-refractivity contribution in [3.63, 3.8) is 0 Å². The Morgan fingerprint density at radius 1 is 1.67 bits per heavy atom. The van der Waals surface area contributed by atoms with Gasteiger partial charge in [0.05, 0.1) is 0 Å². The van der Waals surface area contributed by atoms with Crippen molar-refractivity contribution in [1.29, 1.82) is 0 Å². The predicted octanol–water partition coefficient (Wildman–Crippen LogP) is -0.0246. The van der Waals surface area contributed by atoms with E-state index in [9.17, 15) is 9.90 Å². The molecule has 1 saturated carbocycles. The minimum absolute atomic E-state index is 0.00806. The van der Waals surface area contributed by atoms with Crippen LogP contribution in [0.2, 0.25) is 0 Å². The zero-order valence-electron chi connectivity index (χ0n) is 7.03. The molecule has 0 aromatic carbocycles. The van der Waals surface area contributed by atoms with Crippen molar-refractivity contribution in [2.75, 3.05) is 7.05 Å². The van der Waals surface area contributed by atoms with Crippen LogP contribution >= 0.6 is 0 Å². The zero-order chi connectivity index (χ0) is 8.72. The molecule has 1 heterocycles. The van der Waals surface area contributed by atoms with E-state index >= 15 is 0 Å². The summed E-state index contributed by atoms with van der Waals surface area (Å²) in [7, 11) is 1.59. The topological polar surface area (TPSA) is 52.9 Å². The second-order valence-electron chi connectivity index (χ2n) is 3.40. The first-order valence-electron chi connectivity index (χ1n) is 4.23. The summed E-state index contributed by atoms with van der Waals surface area (Å²) in [5.74, 6) is -0.264. The number of hydrogen-bond acceptors (Lipinski definition) is 3. The smallest absolute Gasteiger partial charge is 0.271 e. The second kappa shape index (κ2) is 2.55. The average Bonchev–Trinajstić information content (AvgIpc) is 2.48. The van der Waals surface area contributed by atoms with Gasteiger partial charge in [0.2, 0.25) is 0 Å². The van der Waals surface area contributed by atoms with Gasteiger partial charge in [-0.2, -0.15) is 5.10 Å². The maximum atomic E-state index is 11.2. The highest BCUT2D eigenvalue weighted by atomic mass is 16.3. The first-order valence-corrected chi connectivity index (χ1v) is 4.23. The van der Waals surface area contributed by atoms with Gasteiger partial charge in [0.25, 0.3) is 5.91 Å². The lowest BCUT2D eigenvalue weighted by Gasteiger charge is -2.27. The molecule has 2 rings (SSSR count). The van der Waals surface area contributed by atoms with Crippen LogP contribution in [0.25, 0.3) is 0 Å². The Hall–Kier alpha value is -0.900. The highest BCUT2D eigenvalue weighted by Gasteiger charge is 2.39. The number of hydrazone groups is 1. The van der Waals surface area contributed by atoms with Crippen molar-refractivity contribution in [3.8, 4) is 0 Å². The molecule has 1 aliphatic heterocycles. The molecule has 0 saturated heterocycles. The Balaban J connectivity index is 2.31. The molecule has 0 radical (unpaired) electrons. The van der Waals surface area contributed by atoms with Crippen LogP contribution in [-0.2, 0) is 4.79 Å². The monoisotopic (exact) mass is 168 g/mol. The molecule has 0 unspecified atom stereocenters. The molecule has 12 heavy (non-hydrogen) atoms. The fourth-order valence-corrected chi connectivity index (χ4v) is 1.92. The molecular weight excluding hydrogens is 156 g/mol. The van der Waals surface area contributed by atoms with Gasteiger partial charge in [0, 0.05) is 18.7 Å². The molecule has 1 fully saturated rings. The Bertz CT molecular complexity index is 249. The van der Waals surface area contributed by atoms with E-state index < -0.39 is 6.10 Å². The summed E-state index contributed by atoms with van der Waals surface area (Å²) in [5.41, 5.74) is 0.990. The van der Waals surface area contributed by atoms with Crippen LogP contribution in [0, 0.1) is 5.92 Å². The van der Waals surface area contributed by atoms with E-state index in [0.29, 0.717) is 0 Å². The highest BCUT2D eigenvalue weighted by Crippen LogP contribution is 2.29. The summed E-state index contributed by atoms with van der Waals surface area (Å²) in [6.07, 6.45) is 2.03. The van der Waals surface area contributed by atoms with Gasteiger partial charge in [0.15, 0.2) is 0 Å². The molecule has 0 spiro atoms. The Labute approximate surface area is 70.9 Å². The SMILES string of the molecule is CN1N=C2CCC[C@H]2[C@H](O)C1=O. The molecule has 0 aromatic rings. The van der Waals surface area contributed by atoms with Gasteiger partial charge in [-0.15, -0.1) is 0 Å². The molecule has 2 atom stereocenters. The van der Waals surface area contributed by atoms with E-state index in [-0.39, 0.29) is 11.8 Å². The van der Waals surface area contributed by atoms with E-state index in [4.69, 9.17) is 0 Å². The Morgan fingerprint density at radius 2 is 2.42 bits per heavy atom. The standard InChI is InChI=1S/C8H12N2O2/c1-10-8(12)7(11)5-3-2-4-6(5)9-10/h5,7,11H,2-4H2,1H3/t5-,7+/m1/s1. The van der Waals surface area contributed by atoms with Crippen LogP contribution in [0.15, 0.2) is 5.10 Å². The van der Waals surface area contributed by atoms with E-state index in [1.807, 2.05) is 0 Å². The largest absolute Gasteiger partial charge is 0.382 e. The lowest BCUT2D eigenvalue weighted by Crippen LogP contribution is -2.44. The molecule has 4 nitrogen and oxygen atoms in total. The third kappa shape index (κ3) is 0.948. The Morgan fingerprint density at radius 3 is 3.17 bits per heavy atom. The first-order chi connectivity index (χ1) is 5.70. The second-order valence-corrected chi connectivity index (χ2v) is 3.40. The van der Waals surface area contributed by atoms with Crippen molar-refractivity contribution in [2.24, 2.45) is 11.0 Å². The highest BCUT2D eigenvalue weighted by molar-refractivity contribution is 5.98. The minimum atomic E-state index is -0.843. The first kappa shape index (κ1) is 7.73. The number of aliphatic hydroxyl groups is 1. The molecule has 1 aliphatic carbocycles. The molecule has 0 aromatic heterocycles. The third-order valence-corrected chi connectivity index (χ3v) is 2.61. The lowest BCUT2D eigenvalue weighted by atomic mass is 9.97. The normalized spacial score (nSPS) is 35.0. The van der Waals surface area contributed by atoms with Crippen molar-refractivity contribution in [2.45, 2.75) is 25.4 Å².